The van der Waals surface area contributed by atoms with Gasteiger partial charge in [-0.3, -0.25) is 9.78 Å². The Morgan fingerprint density at radius 1 is 0.808 bits per heavy atom. The molecule has 0 aliphatic heterocycles. The first-order chi connectivity index (χ1) is 12.8. The molecule has 0 atom stereocenters. The second-order valence-electron chi connectivity index (χ2n) is 6.13. The maximum absolute atomic E-state index is 12.4. The number of nitrogens with zero attached hydrogens (tertiary/aromatic N) is 3. The molecule has 5 rings (SSSR count). The monoisotopic (exact) mass is 338 g/mol. The molecule has 124 valence electrons. The summed E-state index contributed by atoms with van der Waals surface area (Å²) in [4.78, 5) is 19.7. The van der Waals surface area contributed by atoms with Crippen molar-refractivity contribution in [2.45, 2.75) is 0 Å². The first-order valence-electron chi connectivity index (χ1n) is 8.32. The third-order valence-corrected chi connectivity index (χ3v) is 4.43. The molecule has 0 saturated heterocycles. The van der Waals surface area contributed by atoms with Gasteiger partial charge in [0.05, 0.1) is 11.9 Å². The number of hydrogen-bond acceptors (Lipinski definition) is 3. The minimum Gasteiger partial charge on any atom is -0.289 e. The van der Waals surface area contributed by atoms with Crippen LogP contribution in [0.25, 0.3) is 39.1 Å². The number of aromatic nitrogens is 4. The number of hydrogen-bond donors (Lipinski definition) is 1. The molecule has 3 aromatic carbocycles. The second kappa shape index (κ2) is 5.67. The van der Waals surface area contributed by atoms with Gasteiger partial charge in [-0.25, -0.2) is 9.50 Å². The highest BCUT2D eigenvalue weighted by Gasteiger charge is 2.11. The molecule has 26 heavy (non-hydrogen) atoms. The molecular formula is C21H14N4O. The Morgan fingerprint density at radius 3 is 2.42 bits per heavy atom. The molecule has 5 aromatic rings. The van der Waals surface area contributed by atoms with E-state index in [2.05, 4.69) is 39.3 Å². The minimum absolute atomic E-state index is 0.251. The van der Waals surface area contributed by atoms with E-state index in [-0.39, 0.29) is 5.56 Å². The molecule has 0 aliphatic rings. The smallest absolute Gasteiger partial charge is 0.279 e. The van der Waals surface area contributed by atoms with E-state index >= 15 is 0 Å². The van der Waals surface area contributed by atoms with Crippen molar-refractivity contribution >= 4 is 16.6 Å². The molecule has 0 radical (unpaired) electrons. The van der Waals surface area contributed by atoms with Crippen LogP contribution in [0.5, 0.6) is 0 Å². The van der Waals surface area contributed by atoms with Crippen LogP contribution in [-0.2, 0) is 0 Å². The number of nitrogens with one attached hydrogen (secondary N) is 1. The van der Waals surface area contributed by atoms with E-state index in [1.807, 2.05) is 54.7 Å². The van der Waals surface area contributed by atoms with Crippen molar-refractivity contribution in [3.63, 3.8) is 0 Å². The Balaban J connectivity index is 1.66. The summed E-state index contributed by atoms with van der Waals surface area (Å²) >= 11 is 0. The summed E-state index contributed by atoms with van der Waals surface area (Å²) in [5.41, 5.74) is 2.65. The summed E-state index contributed by atoms with van der Waals surface area (Å²) in [6.45, 7) is 0. The molecule has 5 heteroatoms. The van der Waals surface area contributed by atoms with Crippen LogP contribution in [0.2, 0.25) is 0 Å². The Morgan fingerprint density at radius 2 is 1.58 bits per heavy atom. The Hall–Kier alpha value is -3.73. The van der Waals surface area contributed by atoms with Gasteiger partial charge >= 0.3 is 0 Å². The van der Waals surface area contributed by atoms with Gasteiger partial charge < -0.3 is 0 Å². The van der Waals surface area contributed by atoms with Crippen LogP contribution >= 0.6 is 0 Å². The van der Waals surface area contributed by atoms with Gasteiger partial charge in [-0.1, -0.05) is 66.7 Å². The predicted octanol–water partition coefficient (Wildman–Crippen LogP) is 3.90. The molecule has 1 N–H and O–H groups in total. The van der Waals surface area contributed by atoms with E-state index in [0.717, 1.165) is 22.2 Å². The second-order valence-corrected chi connectivity index (χ2v) is 6.13. The zero-order valence-corrected chi connectivity index (χ0v) is 13.8. The van der Waals surface area contributed by atoms with Crippen molar-refractivity contribution in [1.82, 2.24) is 19.6 Å². The van der Waals surface area contributed by atoms with E-state index < -0.39 is 0 Å². The summed E-state index contributed by atoms with van der Waals surface area (Å²) in [5.74, 6) is 0.429. The highest BCUT2D eigenvalue weighted by molar-refractivity contribution is 5.86. The third kappa shape index (κ3) is 2.38. The quantitative estimate of drug-likeness (QED) is 0.531. The van der Waals surface area contributed by atoms with E-state index in [4.69, 9.17) is 0 Å². The molecule has 0 amide bonds. The average molecular weight is 338 g/mol. The number of rotatable bonds is 2. The Bertz CT molecular complexity index is 1300. The Labute approximate surface area is 148 Å². The molecule has 0 saturated carbocycles. The van der Waals surface area contributed by atoms with Gasteiger partial charge in [-0.05, 0) is 16.8 Å². The molecule has 0 bridgehead atoms. The lowest BCUT2D eigenvalue weighted by Crippen LogP contribution is -2.14. The van der Waals surface area contributed by atoms with Gasteiger partial charge in [0.25, 0.3) is 5.56 Å². The van der Waals surface area contributed by atoms with Crippen molar-refractivity contribution in [2.75, 3.05) is 0 Å². The third-order valence-electron chi connectivity index (χ3n) is 4.43. The summed E-state index contributed by atoms with van der Waals surface area (Å²) in [6.07, 6.45) is 1.84. The van der Waals surface area contributed by atoms with Crippen LogP contribution in [0.1, 0.15) is 0 Å². The van der Waals surface area contributed by atoms with Gasteiger partial charge in [0.15, 0.2) is 5.69 Å². The molecule has 0 aliphatic carbocycles. The van der Waals surface area contributed by atoms with Gasteiger partial charge in [0.2, 0.25) is 5.78 Å². The molecule has 2 aromatic heterocycles. The molecule has 0 spiro atoms. The number of fused-ring (bicyclic) bond motifs is 2. The highest BCUT2D eigenvalue weighted by Crippen LogP contribution is 2.23. The van der Waals surface area contributed by atoms with Gasteiger partial charge in [0.1, 0.15) is 0 Å². The van der Waals surface area contributed by atoms with Crippen molar-refractivity contribution in [3.8, 4) is 22.5 Å². The van der Waals surface area contributed by atoms with Crippen LogP contribution < -0.4 is 5.56 Å². The summed E-state index contributed by atoms with van der Waals surface area (Å²) in [7, 11) is 0. The van der Waals surface area contributed by atoms with Gasteiger partial charge in [0, 0.05) is 11.1 Å². The number of benzene rings is 3. The average Bonchev–Trinajstić information content (AvgIpc) is 3.10. The SMILES string of the molecule is O=c1[nH]c2nc(-c3ccc4ccccc4c3)cn2nc1-c1ccccc1. The fraction of sp³-hybridized carbons (Fsp3) is 0. The van der Waals surface area contributed by atoms with Crippen molar-refractivity contribution in [2.24, 2.45) is 0 Å². The van der Waals surface area contributed by atoms with Crippen molar-refractivity contribution in [1.29, 1.82) is 0 Å². The molecule has 5 nitrogen and oxygen atoms in total. The normalized spacial score (nSPS) is 11.2. The molecule has 0 fully saturated rings. The summed E-state index contributed by atoms with van der Waals surface area (Å²) in [5, 5.41) is 6.79. The molecular weight excluding hydrogens is 324 g/mol. The maximum atomic E-state index is 12.4. The van der Waals surface area contributed by atoms with Crippen LogP contribution in [0.4, 0.5) is 0 Å². The standard InChI is InChI=1S/C21H14N4O/c26-20-19(15-7-2-1-3-8-15)24-25-13-18(22-21(25)23-20)17-11-10-14-6-4-5-9-16(14)12-17/h1-13H,(H,22,23,26). The molecule has 2 heterocycles. The van der Waals surface area contributed by atoms with Crippen molar-refractivity contribution < 1.29 is 0 Å². The number of imidazole rings is 1. The topological polar surface area (TPSA) is 63.0 Å². The van der Waals surface area contributed by atoms with E-state index in [9.17, 15) is 4.79 Å². The fourth-order valence-corrected chi connectivity index (χ4v) is 3.12. The fourth-order valence-electron chi connectivity index (χ4n) is 3.12. The zero-order chi connectivity index (χ0) is 17.5. The van der Waals surface area contributed by atoms with E-state index in [0.29, 0.717) is 11.5 Å². The predicted molar refractivity (Wildman–Crippen MR) is 102 cm³/mol. The lowest BCUT2D eigenvalue weighted by atomic mass is 10.1. The van der Waals surface area contributed by atoms with Gasteiger partial charge in [-0.15, -0.1) is 0 Å². The minimum atomic E-state index is -0.251. The lowest BCUT2D eigenvalue weighted by Gasteiger charge is -2.00. The first-order valence-corrected chi connectivity index (χ1v) is 8.32. The lowest BCUT2D eigenvalue weighted by molar-refractivity contribution is 0.894. The van der Waals surface area contributed by atoms with Gasteiger partial charge in [-0.2, -0.15) is 5.10 Å². The van der Waals surface area contributed by atoms with Crippen LogP contribution in [-0.4, -0.2) is 19.6 Å². The van der Waals surface area contributed by atoms with Crippen molar-refractivity contribution in [3.05, 3.63) is 89.3 Å². The summed E-state index contributed by atoms with van der Waals surface area (Å²) < 4.78 is 1.62. The Kier molecular flexibility index (Phi) is 3.18. The highest BCUT2D eigenvalue weighted by atomic mass is 16.1. The number of aromatic amines is 1. The first kappa shape index (κ1) is 14.6. The maximum Gasteiger partial charge on any atom is 0.279 e. The van der Waals surface area contributed by atoms with E-state index in [1.54, 1.807) is 4.52 Å². The zero-order valence-electron chi connectivity index (χ0n) is 13.8. The number of H-pyrrole nitrogens is 1. The summed E-state index contributed by atoms with van der Waals surface area (Å²) in [6, 6.07) is 23.8. The van der Waals surface area contributed by atoms with Crippen LogP contribution in [0.15, 0.2) is 83.8 Å². The van der Waals surface area contributed by atoms with E-state index in [1.165, 1.54) is 5.39 Å². The van der Waals surface area contributed by atoms with Crippen LogP contribution in [0, 0.1) is 0 Å². The largest absolute Gasteiger partial charge is 0.289 e. The van der Waals surface area contributed by atoms with Crippen LogP contribution in [0.3, 0.4) is 0 Å². The molecule has 0 unspecified atom stereocenters.